The molecule has 0 fully saturated rings. The van der Waals surface area contributed by atoms with Crippen molar-refractivity contribution in [1.82, 2.24) is 5.32 Å². The first kappa shape index (κ1) is 21.9. The Bertz CT molecular complexity index is 1080. The van der Waals surface area contributed by atoms with Gasteiger partial charge in [0.05, 0.1) is 6.10 Å². The molecule has 166 valence electrons. The Labute approximate surface area is 184 Å². The highest BCUT2D eigenvalue weighted by Gasteiger charge is 2.29. The lowest BCUT2D eigenvalue weighted by atomic mass is 9.98. The van der Waals surface area contributed by atoms with Crippen LogP contribution in [0.25, 0.3) is 11.1 Å². The molecule has 3 aromatic rings. The fourth-order valence-corrected chi connectivity index (χ4v) is 4.05. The Morgan fingerprint density at radius 1 is 0.938 bits per heavy atom. The van der Waals surface area contributed by atoms with E-state index >= 15 is 0 Å². The zero-order valence-corrected chi connectivity index (χ0v) is 17.2. The Hall–Kier alpha value is -3.29. The largest absolute Gasteiger partial charge is 0.449 e. The summed E-state index contributed by atoms with van der Waals surface area (Å²) in [5.74, 6) is -2.20. The second kappa shape index (κ2) is 9.46. The second-order valence-corrected chi connectivity index (χ2v) is 7.73. The van der Waals surface area contributed by atoms with Gasteiger partial charge in [-0.15, -0.1) is 0 Å². The van der Waals surface area contributed by atoms with Crippen LogP contribution >= 0.6 is 0 Å². The van der Waals surface area contributed by atoms with E-state index in [1.807, 2.05) is 48.5 Å². The molecule has 1 aliphatic rings. The van der Waals surface area contributed by atoms with Gasteiger partial charge in [0, 0.05) is 12.5 Å². The minimum absolute atomic E-state index is 0.00432. The molecule has 0 saturated carbocycles. The highest BCUT2D eigenvalue weighted by molar-refractivity contribution is 5.79. The van der Waals surface area contributed by atoms with Crippen LogP contribution in [0.3, 0.4) is 0 Å². The van der Waals surface area contributed by atoms with E-state index in [0.717, 1.165) is 34.4 Å². The van der Waals surface area contributed by atoms with Crippen LogP contribution in [0.2, 0.25) is 0 Å². The van der Waals surface area contributed by atoms with Gasteiger partial charge in [0.25, 0.3) is 0 Å². The van der Waals surface area contributed by atoms with Crippen molar-refractivity contribution in [2.75, 3.05) is 13.2 Å². The summed E-state index contributed by atoms with van der Waals surface area (Å²) < 4.78 is 31.8. The van der Waals surface area contributed by atoms with Gasteiger partial charge in [0.1, 0.15) is 12.7 Å². The predicted molar refractivity (Wildman–Crippen MR) is 115 cm³/mol. The van der Waals surface area contributed by atoms with Crippen molar-refractivity contribution in [2.45, 2.75) is 24.5 Å². The van der Waals surface area contributed by atoms with Gasteiger partial charge in [-0.25, -0.2) is 13.6 Å². The zero-order chi connectivity index (χ0) is 22.7. The molecule has 2 atom stereocenters. The van der Waals surface area contributed by atoms with Gasteiger partial charge in [-0.2, -0.15) is 0 Å². The smallest absolute Gasteiger partial charge is 0.407 e. The van der Waals surface area contributed by atoms with Gasteiger partial charge >= 0.3 is 6.09 Å². The molecule has 1 amide bonds. The maximum atomic E-state index is 13.3. The number of aliphatic hydroxyl groups excluding tert-OH is 2. The first-order valence-corrected chi connectivity index (χ1v) is 10.4. The van der Waals surface area contributed by atoms with Crippen LogP contribution in [0.4, 0.5) is 13.6 Å². The summed E-state index contributed by atoms with van der Waals surface area (Å²) >= 11 is 0. The number of hydrogen-bond acceptors (Lipinski definition) is 4. The Morgan fingerprint density at radius 3 is 2.19 bits per heavy atom. The summed E-state index contributed by atoms with van der Waals surface area (Å²) in [6.07, 6.45) is -3.31. The molecule has 0 saturated heterocycles. The fraction of sp³-hybridized carbons (Fsp3) is 0.240. The minimum Gasteiger partial charge on any atom is -0.449 e. The third-order valence-corrected chi connectivity index (χ3v) is 5.70. The lowest BCUT2D eigenvalue weighted by Gasteiger charge is -2.19. The SMILES string of the molecule is O=C(NCCC(O)C(O)c1ccc(F)c(F)c1)OCC1c2ccccc2-c2ccccc21. The fourth-order valence-electron chi connectivity index (χ4n) is 4.05. The van der Waals surface area contributed by atoms with Crippen LogP contribution in [0.15, 0.2) is 66.7 Å². The number of aliphatic hydroxyl groups is 2. The Kier molecular flexibility index (Phi) is 6.48. The van der Waals surface area contributed by atoms with Crippen LogP contribution in [-0.2, 0) is 4.74 Å². The molecule has 0 aliphatic heterocycles. The van der Waals surface area contributed by atoms with Crippen molar-refractivity contribution in [3.63, 3.8) is 0 Å². The first-order valence-electron chi connectivity index (χ1n) is 10.4. The van der Waals surface area contributed by atoms with Crippen LogP contribution in [-0.4, -0.2) is 35.6 Å². The van der Waals surface area contributed by atoms with E-state index in [-0.39, 0.29) is 31.1 Å². The number of halogens is 2. The molecule has 5 nitrogen and oxygen atoms in total. The summed E-state index contributed by atoms with van der Waals surface area (Å²) in [6, 6.07) is 18.9. The predicted octanol–water partition coefficient (Wildman–Crippen LogP) is 4.29. The topological polar surface area (TPSA) is 78.8 Å². The summed E-state index contributed by atoms with van der Waals surface area (Å²) in [5.41, 5.74) is 4.52. The number of fused-ring (bicyclic) bond motifs is 3. The van der Waals surface area contributed by atoms with Crippen molar-refractivity contribution < 1.29 is 28.5 Å². The van der Waals surface area contributed by atoms with E-state index in [1.54, 1.807) is 0 Å². The molecule has 0 aromatic heterocycles. The molecule has 0 heterocycles. The number of benzene rings is 3. The molecular formula is C25H23F2NO4. The number of rotatable bonds is 7. The van der Waals surface area contributed by atoms with Gasteiger partial charge in [0.2, 0.25) is 0 Å². The van der Waals surface area contributed by atoms with E-state index in [4.69, 9.17) is 4.74 Å². The lowest BCUT2D eigenvalue weighted by Crippen LogP contribution is -2.30. The van der Waals surface area contributed by atoms with E-state index in [9.17, 15) is 23.8 Å². The van der Waals surface area contributed by atoms with Crippen LogP contribution in [0.1, 0.15) is 35.1 Å². The van der Waals surface area contributed by atoms with E-state index in [2.05, 4.69) is 5.32 Å². The molecule has 3 N–H and O–H groups in total. The highest BCUT2D eigenvalue weighted by atomic mass is 19.2. The minimum atomic E-state index is -1.41. The number of alkyl carbamates (subject to hydrolysis) is 1. The molecule has 4 rings (SSSR count). The highest BCUT2D eigenvalue weighted by Crippen LogP contribution is 2.44. The van der Waals surface area contributed by atoms with Gasteiger partial charge in [-0.1, -0.05) is 54.6 Å². The van der Waals surface area contributed by atoms with Crippen molar-refractivity contribution in [3.05, 3.63) is 95.1 Å². The number of hydrogen-bond donors (Lipinski definition) is 3. The molecule has 32 heavy (non-hydrogen) atoms. The molecule has 0 radical (unpaired) electrons. The van der Waals surface area contributed by atoms with Crippen LogP contribution < -0.4 is 5.32 Å². The zero-order valence-electron chi connectivity index (χ0n) is 17.2. The van der Waals surface area contributed by atoms with Crippen LogP contribution in [0, 0.1) is 11.6 Å². The third kappa shape index (κ3) is 4.49. The molecule has 1 aliphatic carbocycles. The molecular weight excluding hydrogens is 416 g/mol. The average molecular weight is 439 g/mol. The molecule has 0 bridgehead atoms. The Morgan fingerprint density at radius 2 is 1.56 bits per heavy atom. The van der Waals surface area contributed by atoms with Crippen molar-refractivity contribution in [2.24, 2.45) is 0 Å². The molecule has 3 aromatic carbocycles. The maximum Gasteiger partial charge on any atom is 0.407 e. The summed E-state index contributed by atoms with van der Waals surface area (Å²) in [7, 11) is 0. The standard InChI is InChI=1S/C25H23F2NO4/c26-21-10-9-15(13-22(21)27)24(30)23(29)11-12-28-25(31)32-14-20-18-7-3-1-5-16(18)17-6-2-4-8-19(17)20/h1-10,13,20,23-24,29-30H,11-12,14H2,(H,28,31). The second-order valence-electron chi connectivity index (χ2n) is 7.73. The molecule has 2 unspecified atom stereocenters. The van der Waals surface area contributed by atoms with Crippen molar-refractivity contribution in [3.8, 4) is 11.1 Å². The third-order valence-electron chi connectivity index (χ3n) is 5.70. The van der Waals surface area contributed by atoms with Gasteiger partial charge in [-0.05, 0) is 46.4 Å². The normalized spacial score (nSPS) is 14.4. The Balaban J connectivity index is 1.28. The lowest BCUT2D eigenvalue weighted by molar-refractivity contribution is 0.0134. The molecule has 7 heteroatoms. The van der Waals surface area contributed by atoms with Crippen LogP contribution in [0.5, 0.6) is 0 Å². The van der Waals surface area contributed by atoms with Gasteiger partial charge < -0.3 is 20.3 Å². The number of nitrogens with one attached hydrogen (secondary N) is 1. The van der Waals surface area contributed by atoms with Crippen molar-refractivity contribution >= 4 is 6.09 Å². The van der Waals surface area contributed by atoms with E-state index < -0.39 is 29.9 Å². The number of ether oxygens (including phenoxy) is 1. The summed E-state index contributed by atoms with van der Waals surface area (Å²) in [5, 5.41) is 22.8. The average Bonchev–Trinajstić information content (AvgIpc) is 3.12. The monoisotopic (exact) mass is 439 g/mol. The van der Waals surface area contributed by atoms with E-state index in [0.29, 0.717) is 0 Å². The quantitative estimate of drug-likeness (QED) is 0.513. The first-order chi connectivity index (χ1) is 15.5. The van der Waals surface area contributed by atoms with E-state index in [1.165, 1.54) is 6.07 Å². The summed E-state index contributed by atoms with van der Waals surface area (Å²) in [6.45, 7) is 0.207. The number of carbonyl (C=O) groups is 1. The number of amides is 1. The maximum absolute atomic E-state index is 13.3. The summed E-state index contributed by atoms with van der Waals surface area (Å²) in [4.78, 5) is 12.2. The van der Waals surface area contributed by atoms with Gasteiger partial charge in [-0.3, -0.25) is 0 Å². The molecule has 0 spiro atoms. The van der Waals surface area contributed by atoms with Crippen molar-refractivity contribution in [1.29, 1.82) is 0 Å². The number of carbonyl (C=O) groups excluding carboxylic acids is 1. The van der Waals surface area contributed by atoms with Gasteiger partial charge in [0.15, 0.2) is 11.6 Å².